The van der Waals surface area contributed by atoms with E-state index in [1.807, 2.05) is 24.4 Å². The van der Waals surface area contributed by atoms with Crippen LogP contribution in [0.4, 0.5) is 11.8 Å². The number of hydrogen-bond acceptors (Lipinski definition) is 8. The van der Waals surface area contributed by atoms with Crippen molar-refractivity contribution in [3.63, 3.8) is 0 Å². The summed E-state index contributed by atoms with van der Waals surface area (Å²) in [4.78, 5) is 19.1. The van der Waals surface area contributed by atoms with Crippen molar-refractivity contribution in [3.8, 4) is 11.5 Å². The van der Waals surface area contributed by atoms with Crippen molar-refractivity contribution in [2.75, 3.05) is 25.0 Å². The van der Waals surface area contributed by atoms with Crippen LogP contribution in [0.25, 0.3) is 22.5 Å². The molecule has 1 fully saturated rings. The lowest BCUT2D eigenvalue weighted by Gasteiger charge is -2.33. The maximum absolute atomic E-state index is 5.26. The number of benzene rings is 1. The highest BCUT2D eigenvalue weighted by Gasteiger charge is 2.18. The van der Waals surface area contributed by atoms with Gasteiger partial charge < -0.3 is 20.1 Å². The van der Waals surface area contributed by atoms with Crippen LogP contribution in [0.5, 0.6) is 0 Å². The van der Waals surface area contributed by atoms with Gasteiger partial charge >= 0.3 is 0 Å². The van der Waals surface area contributed by atoms with Gasteiger partial charge in [-0.25, -0.2) is 9.97 Å². The minimum atomic E-state index is 0.495. The number of rotatable bonds is 5. The van der Waals surface area contributed by atoms with Gasteiger partial charge in [-0.1, -0.05) is 5.16 Å². The number of aromatic nitrogens is 5. The third kappa shape index (κ3) is 3.89. The largest absolute Gasteiger partial charge is 0.334 e. The summed E-state index contributed by atoms with van der Waals surface area (Å²) in [5, 5.41) is 10.6. The second-order valence-corrected chi connectivity index (χ2v) is 7.66. The summed E-state index contributed by atoms with van der Waals surface area (Å²) >= 11 is 0. The smallest absolute Gasteiger partial charge is 0.257 e. The van der Waals surface area contributed by atoms with Gasteiger partial charge in [-0.3, -0.25) is 4.90 Å². The number of pyridine rings is 1. The number of H-pyrrole nitrogens is 1. The molecule has 4 aromatic rings. The first-order chi connectivity index (χ1) is 14.6. The third-order valence-corrected chi connectivity index (χ3v) is 5.35. The molecule has 0 saturated carbocycles. The predicted octanol–water partition coefficient (Wildman–Crippen LogP) is 2.85. The average molecular weight is 404 g/mol. The van der Waals surface area contributed by atoms with Crippen LogP contribution in [-0.2, 0) is 6.54 Å². The van der Waals surface area contributed by atoms with Crippen molar-refractivity contribution in [3.05, 3.63) is 47.9 Å². The van der Waals surface area contributed by atoms with E-state index in [1.54, 1.807) is 6.92 Å². The summed E-state index contributed by atoms with van der Waals surface area (Å²) in [6, 6.07) is 10.5. The molecule has 5 rings (SSSR count). The molecule has 0 aliphatic carbocycles. The number of anilines is 2. The molecule has 3 N–H and O–H groups in total. The normalized spacial score (nSPS) is 17.5. The minimum absolute atomic E-state index is 0.495. The summed E-state index contributed by atoms with van der Waals surface area (Å²) in [5.74, 6) is 2.51. The maximum Gasteiger partial charge on any atom is 0.257 e. The molecular formula is C21H24N8O. The fourth-order valence-corrected chi connectivity index (χ4v) is 3.73. The van der Waals surface area contributed by atoms with Gasteiger partial charge in [-0.05, 0) is 49.7 Å². The molecular weight excluding hydrogens is 380 g/mol. The fourth-order valence-electron chi connectivity index (χ4n) is 3.73. The lowest BCUT2D eigenvalue weighted by molar-refractivity contribution is 0.165. The van der Waals surface area contributed by atoms with Crippen LogP contribution >= 0.6 is 0 Å². The average Bonchev–Trinajstić information content (AvgIpc) is 3.35. The molecule has 3 aromatic heterocycles. The van der Waals surface area contributed by atoms with E-state index in [9.17, 15) is 0 Å². The third-order valence-electron chi connectivity index (χ3n) is 5.35. The molecule has 30 heavy (non-hydrogen) atoms. The Hall–Kier alpha value is -3.30. The number of piperazine rings is 1. The first-order valence-corrected chi connectivity index (χ1v) is 10.1. The number of fused-ring (bicyclic) bond motifs is 1. The van der Waals surface area contributed by atoms with Crippen LogP contribution in [0.15, 0.2) is 41.1 Å². The van der Waals surface area contributed by atoms with Gasteiger partial charge in [0, 0.05) is 44.0 Å². The molecule has 4 heterocycles. The van der Waals surface area contributed by atoms with E-state index in [-0.39, 0.29) is 0 Å². The molecule has 1 saturated heterocycles. The second-order valence-electron chi connectivity index (χ2n) is 7.66. The number of imidazole rings is 1. The number of hydrogen-bond donors (Lipinski definition) is 3. The van der Waals surface area contributed by atoms with Crippen LogP contribution in [0.1, 0.15) is 18.3 Å². The zero-order valence-electron chi connectivity index (χ0n) is 17.0. The highest BCUT2D eigenvalue weighted by atomic mass is 16.5. The topological polar surface area (TPSA) is 108 Å². The zero-order valence-corrected chi connectivity index (χ0v) is 17.0. The van der Waals surface area contributed by atoms with Crippen LogP contribution in [0, 0.1) is 6.92 Å². The molecule has 1 aliphatic heterocycles. The quantitative estimate of drug-likeness (QED) is 0.466. The Morgan fingerprint density at radius 1 is 1.23 bits per heavy atom. The van der Waals surface area contributed by atoms with E-state index < -0.39 is 0 Å². The van der Waals surface area contributed by atoms with E-state index >= 15 is 0 Å². The predicted molar refractivity (Wildman–Crippen MR) is 114 cm³/mol. The van der Waals surface area contributed by atoms with Crippen LogP contribution in [-0.4, -0.2) is 55.7 Å². The Morgan fingerprint density at radius 2 is 2.17 bits per heavy atom. The highest BCUT2D eigenvalue weighted by Crippen LogP contribution is 2.24. The van der Waals surface area contributed by atoms with Gasteiger partial charge in [-0.2, -0.15) is 4.98 Å². The highest BCUT2D eigenvalue weighted by molar-refractivity contribution is 5.82. The Labute approximate surface area is 173 Å². The van der Waals surface area contributed by atoms with Gasteiger partial charge in [0.2, 0.25) is 5.95 Å². The molecule has 1 atom stereocenters. The molecule has 0 radical (unpaired) electrons. The van der Waals surface area contributed by atoms with Crippen LogP contribution in [0.3, 0.4) is 0 Å². The van der Waals surface area contributed by atoms with Gasteiger partial charge in [0.15, 0.2) is 5.82 Å². The second kappa shape index (κ2) is 7.85. The molecule has 0 bridgehead atoms. The van der Waals surface area contributed by atoms with Gasteiger partial charge in [-0.15, -0.1) is 0 Å². The van der Waals surface area contributed by atoms with Crippen LogP contribution < -0.4 is 10.6 Å². The molecule has 0 unspecified atom stereocenters. The first-order valence-electron chi connectivity index (χ1n) is 10.1. The van der Waals surface area contributed by atoms with Crippen molar-refractivity contribution in [2.24, 2.45) is 0 Å². The summed E-state index contributed by atoms with van der Waals surface area (Å²) in [6.07, 6.45) is 1.84. The lowest BCUT2D eigenvalue weighted by Crippen LogP contribution is -2.49. The molecule has 9 heteroatoms. The number of aryl methyl sites for hydroxylation is 1. The van der Waals surface area contributed by atoms with E-state index in [1.165, 1.54) is 5.56 Å². The Balaban J connectivity index is 1.34. The molecule has 1 aromatic carbocycles. The lowest BCUT2D eigenvalue weighted by atomic mass is 10.1. The van der Waals surface area contributed by atoms with Crippen LogP contribution in [0.2, 0.25) is 0 Å². The van der Waals surface area contributed by atoms with Gasteiger partial charge in [0.05, 0.1) is 11.0 Å². The maximum atomic E-state index is 5.26. The molecule has 0 amide bonds. The minimum Gasteiger partial charge on any atom is -0.334 e. The summed E-state index contributed by atoms with van der Waals surface area (Å²) in [6.45, 7) is 8.08. The van der Waals surface area contributed by atoms with E-state index in [2.05, 4.69) is 59.7 Å². The number of nitrogens with one attached hydrogen (secondary N) is 3. The molecule has 1 aliphatic rings. The Kier molecular flexibility index (Phi) is 4.89. The standard InChI is InChI=1S/C21H24N8O/c1-13-11-22-7-8-29(13)12-15-5-6-23-19(9-15)27-21-25-17-4-3-16(10-18(17)26-21)20-24-14(2)28-30-20/h3-6,9-10,13,22H,7-8,11-12H2,1-2H3,(H2,23,25,26,27)/t13-/m1/s1. The molecule has 0 spiro atoms. The van der Waals surface area contributed by atoms with Crippen molar-refractivity contribution in [1.29, 1.82) is 0 Å². The Morgan fingerprint density at radius 3 is 3.00 bits per heavy atom. The van der Waals surface area contributed by atoms with E-state index in [0.29, 0.717) is 23.7 Å². The fraction of sp³-hybridized carbons (Fsp3) is 0.333. The van der Waals surface area contributed by atoms with E-state index in [4.69, 9.17) is 4.52 Å². The molecule has 9 nitrogen and oxygen atoms in total. The van der Waals surface area contributed by atoms with Crippen molar-refractivity contribution < 1.29 is 4.52 Å². The van der Waals surface area contributed by atoms with Crippen molar-refractivity contribution in [1.82, 2.24) is 35.3 Å². The zero-order chi connectivity index (χ0) is 20.5. The van der Waals surface area contributed by atoms with Crippen molar-refractivity contribution >= 4 is 22.8 Å². The van der Waals surface area contributed by atoms with Crippen molar-refractivity contribution in [2.45, 2.75) is 26.4 Å². The summed E-state index contributed by atoms with van der Waals surface area (Å²) in [5.41, 5.74) is 3.81. The monoisotopic (exact) mass is 404 g/mol. The first kappa shape index (κ1) is 18.7. The number of aromatic amines is 1. The molecule has 154 valence electrons. The summed E-state index contributed by atoms with van der Waals surface area (Å²) < 4.78 is 5.26. The Bertz CT molecular complexity index is 1170. The SMILES string of the molecule is Cc1noc(-c2ccc3nc(Nc4cc(CN5CCNC[C@H]5C)ccn4)[nH]c3c2)n1. The number of nitrogens with zero attached hydrogens (tertiary/aromatic N) is 5. The summed E-state index contributed by atoms with van der Waals surface area (Å²) in [7, 11) is 0. The van der Waals surface area contributed by atoms with E-state index in [0.717, 1.165) is 48.6 Å². The van der Waals surface area contributed by atoms with Gasteiger partial charge in [0.25, 0.3) is 5.89 Å². The van der Waals surface area contributed by atoms with Gasteiger partial charge in [0.1, 0.15) is 5.82 Å².